The van der Waals surface area contributed by atoms with Gasteiger partial charge in [0, 0.05) is 17.3 Å². The van der Waals surface area contributed by atoms with Crippen molar-refractivity contribution < 1.29 is 13.5 Å². The Morgan fingerprint density at radius 3 is 2.26 bits per heavy atom. The fraction of sp³-hybridized carbons (Fsp3) is 0.500. The number of hydrogen-bond donors (Lipinski definition) is 0. The number of methoxy groups -OCH3 is 1. The summed E-state index contributed by atoms with van der Waals surface area (Å²) >= 11 is 3.35. The third-order valence-electron chi connectivity index (χ3n) is 3.28. The highest BCUT2D eigenvalue weighted by Gasteiger charge is 2.38. The molecule has 1 rings (SSSR count). The molecule has 0 radical (unpaired) electrons. The highest BCUT2D eigenvalue weighted by molar-refractivity contribution is 9.10. The van der Waals surface area contributed by atoms with Crippen LogP contribution in [0.4, 0.5) is 8.78 Å². The van der Waals surface area contributed by atoms with E-state index in [4.69, 9.17) is 10.00 Å². The lowest BCUT2D eigenvalue weighted by atomic mass is 9.93. The Labute approximate surface area is 120 Å². The van der Waals surface area contributed by atoms with Crippen LogP contribution in [0.5, 0.6) is 5.75 Å². The zero-order valence-electron chi connectivity index (χ0n) is 11.4. The molecule has 0 fully saturated rings. The minimum atomic E-state index is -3.08. The van der Waals surface area contributed by atoms with Crippen molar-refractivity contribution in [2.75, 3.05) is 7.11 Å². The van der Waals surface area contributed by atoms with Gasteiger partial charge in [-0.05, 0) is 37.5 Å². The minimum Gasteiger partial charge on any atom is -0.496 e. The summed E-state index contributed by atoms with van der Waals surface area (Å²) in [6, 6.07) is 1.76. The van der Waals surface area contributed by atoms with E-state index in [0.29, 0.717) is 15.6 Å². The molecule has 104 valence electrons. The van der Waals surface area contributed by atoms with Crippen LogP contribution in [-0.2, 0) is 5.92 Å². The summed E-state index contributed by atoms with van der Waals surface area (Å²) in [6.45, 7) is 5.24. The second kappa shape index (κ2) is 5.87. The molecule has 0 unspecified atom stereocenters. The number of hydrogen-bond acceptors (Lipinski definition) is 2. The van der Waals surface area contributed by atoms with Gasteiger partial charge in [-0.15, -0.1) is 0 Å². The Hall–Kier alpha value is -1.15. The van der Waals surface area contributed by atoms with Gasteiger partial charge in [0.15, 0.2) is 0 Å². The van der Waals surface area contributed by atoms with E-state index in [9.17, 15) is 8.78 Å². The van der Waals surface area contributed by atoms with Gasteiger partial charge in [0.05, 0.1) is 18.7 Å². The molecule has 0 aliphatic heterocycles. The summed E-state index contributed by atoms with van der Waals surface area (Å²) in [5.41, 5.74) is 1.91. The summed E-state index contributed by atoms with van der Waals surface area (Å²) in [5, 5.41) is 8.50. The minimum absolute atomic E-state index is 0.125. The lowest BCUT2D eigenvalue weighted by Gasteiger charge is -2.24. The molecule has 0 spiro atoms. The third-order valence-corrected chi connectivity index (χ3v) is 4.47. The predicted octanol–water partition coefficient (Wildman–Crippen LogP) is 4.78. The van der Waals surface area contributed by atoms with Gasteiger partial charge in [0.2, 0.25) is 0 Å². The van der Waals surface area contributed by atoms with E-state index in [1.807, 2.05) is 6.92 Å². The Bertz CT molecular complexity index is 535. The van der Waals surface area contributed by atoms with Crippen molar-refractivity contribution in [1.29, 1.82) is 5.26 Å². The Morgan fingerprint density at radius 1 is 1.21 bits per heavy atom. The number of nitrogens with zero attached hydrogens (tertiary/aromatic N) is 1. The second-order valence-electron chi connectivity index (χ2n) is 4.46. The summed E-state index contributed by atoms with van der Waals surface area (Å²) in [7, 11) is 1.39. The standard InChI is InChI=1S/C14H16BrF2NO/c1-8-9(2)13(19-4)11(10(3)12(8)15)14(16,17)6-5-7-18/h5-6H2,1-4H3. The van der Waals surface area contributed by atoms with Gasteiger partial charge in [-0.3, -0.25) is 0 Å². The second-order valence-corrected chi connectivity index (χ2v) is 5.25. The first kappa shape index (κ1) is 15.9. The molecule has 0 aromatic heterocycles. The topological polar surface area (TPSA) is 33.0 Å². The maximum atomic E-state index is 14.3. The van der Waals surface area contributed by atoms with Gasteiger partial charge >= 0.3 is 0 Å². The van der Waals surface area contributed by atoms with E-state index in [2.05, 4.69) is 15.9 Å². The molecule has 1 aromatic rings. The van der Waals surface area contributed by atoms with E-state index in [1.54, 1.807) is 19.9 Å². The SMILES string of the molecule is COc1c(C)c(C)c(Br)c(C)c1C(F)(F)CCC#N. The number of nitriles is 1. The van der Waals surface area contributed by atoms with Crippen molar-refractivity contribution >= 4 is 15.9 Å². The lowest BCUT2D eigenvalue weighted by Crippen LogP contribution is -2.18. The third kappa shape index (κ3) is 2.89. The van der Waals surface area contributed by atoms with Crippen LogP contribution in [0.3, 0.4) is 0 Å². The first-order chi connectivity index (χ1) is 8.77. The van der Waals surface area contributed by atoms with Crippen LogP contribution in [0.2, 0.25) is 0 Å². The molecule has 1 aromatic carbocycles. The van der Waals surface area contributed by atoms with Crippen LogP contribution in [-0.4, -0.2) is 7.11 Å². The molecule has 0 bridgehead atoms. The maximum Gasteiger partial charge on any atom is 0.278 e. The van der Waals surface area contributed by atoms with Crippen molar-refractivity contribution in [1.82, 2.24) is 0 Å². The molecule has 0 aliphatic rings. The van der Waals surface area contributed by atoms with Gasteiger partial charge in [-0.1, -0.05) is 15.9 Å². The molecule has 0 N–H and O–H groups in total. The zero-order valence-corrected chi connectivity index (χ0v) is 13.0. The summed E-state index contributed by atoms with van der Waals surface area (Å²) in [5.74, 6) is -2.87. The van der Waals surface area contributed by atoms with Crippen LogP contribution in [0.1, 0.15) is 35.1 Å². The number of benzene rings is 1. The van der Waals surface area contributed by atoms with E-state index >= 15 is 0 Å². The van der Waals surface area contributed by atoms with Crippen LogP contribution in [0, 0.1) is 32.1 Å². The predicted molar refractivity (Wildman–Crippen MR) is 73.6 cm³/mol. The summed E-state index contributed by atoms with van der Waals surface area (Å²) in [4.78, 5) is 0. The Kier molecular flexibility index (Phi) is 4.92. The molecule has 0 heterocycles. The van der Waals surface area contributed by atoms with Crippen LogP contribution in [0.15, 0.2) is 4.47 Å². The summed E-state index contributed by atoms with van der Waals surface area (Å²) < 4.78 is 34.4. The van der Waals surface area contributed by atoms with Crippen molar-refractivity contribution in [2.45, 2.75) is 39.5 Å². The van der Waals surface area contributed by atoms with E-state index in [0.717, 1.165) is 5.56 Å². The first-order valence-electron chi connectivity index (χ1n) is 5.86. The molecule has 0 saturated heterocycles. The van der Waals surface area contributed by atoms with Crippen molar-refractivity contribution in [3.05, 3.63) is 26.7 Å². The fourth-order valence-electron chi connectivity index (χ4n) is 2.12. The average Bonchev–Trinajstić information content (AvgIpc) is 2.37. The molecule has 0 atom stereocenters. The van der Waals surface area contributed by atoms with Crippen molar-refractivity contribution in [2.24, 2.45) is 0 Å². The van der Waals surface area contributed by atoms with E-state index in [-0.39, 0.29) is 17.7 Å². The Morgan fingerprint density at radius 2 is 1.79 bits per heavy atom. The smallest absolute Gasteiger partial charge is 0.278 e. The number of halogens is 3. The maximum absolute atomic E-state index is 14.3. The van der Waals surface area contributed by atoms with Crippen molar-refractivity contribution in [3.8, 4) is 11.8 Å². The molecule has 2 nitrogen and oxygen atoms in total. The highest BCUT2D eigenvalue weighted by atomic mass is 79.9. The molecule has 0 amide bonds. The quantitative estimate of drug-likeness (QED) is 0.795. The normalized spacial score (nSPS) is 11.3. The van der Waals surface area contributed by atoms with E-state index in [1.165, 1.54) is 7.11 Å². The molecule has 19 heavy (non-hydrogen) atoms. The fourth-order valence-corrected chi connectivity index (χ4v) is 2.61. The van der Waals surface area contributed by atoms with E-state index < -0.39 is 12.3 Å². The Balaban J connectivity index is 3.54. The highest BCUT2D eigenvalue weighted by Crippen LogP contribution is 2.45. The van der Waals surface area contributed by atoms with Gasteiger partial charge in [-0.25, -0.2) is 8.78 Å². The van der Waals surface area contributed by atoms with Gasteiger partial charge in [0.25, 0.3) is 5.92 Å². The van der Waals surface area contributed by atoms with Crippen LogP contribution in [0.25, 0.3) is 0 Å². The molecular formula is C14H16BrF2NO. The van der Waals surface area contributed by atoms with Gasteiger partial charge in [0.1, 0.15) is 5.75 Å². The molecule has 0 saturated carbocycles. The van der Waals surface area contributed by atoms with Crippen LogP contribution < -0.4 is 4.74 Å². The largest absolute Gasteiger partial charge is 0.496 e. The first-order valence-corrected chi connectivity index (χ1v) is 6.65. The number of alkyl halides is 2. The van der Waals surface area contributed by atoms with Gasteiger partial charge in [-0.2, -0.15) is 5.26 Å². The zero-order chi connectivity index (χ0) is 14.8. The molecule has 5 heteroatoms. The molecule has 0 aliphatic carbocycles. The van der Waals surface area contributed by atoms with Crippen LogP contribution >= 0.6 is 15.9 Å². The molecular weight excluding hydrogens is 316 g/mol. The number of rotatable bonds is 4. The van der Waals surface area contributed by atoms with Crippen molar-refractivity contribution in [3.63, 3.8) is 0 Å². The summed E-state index contributed by atoms with van der Waals surface area (Å²) in [6.07, 6.45) is -0.699. The van der Waals surface area contributed by atoms with Gasteiger partial charge < -0.3 is 4.74 Å². The monoisotopic (exact) mass is 331 g/mol. The lowest BCUT2D eigenvalue weighted by molar-refractivity contribution is -0.0148. The average molecular weight is 332 g/mol. The number of ether oxygens (including phenoxy) is 1.